The Hall–Kier alpha value is -2.34. The first kappa shape index (κ1) is 21.0. The fourth-order valence-electron chi connectivity index (χ4n) is 2.58. The molecule has 0 saturated carbocycles. The average Bonchev–Trinajstić information content (AvgIpc) is 2.64. The topological polar surface area (TPSA) is 72.5 Å². The van der Waals surface area contributed by atoms with E-state index in [2.05, 4.69) is 19.2 Å². The van der Waals surface area contributed by atoms with E-state index < -0.39 is 9.84 Å². The van der Waals surface area contributed by atoms with Gasteiger partial charge >= 0.3 is 0 Å². The van der Waals surface area contributed by atoms with Crippen molar-refractivity contribution in [3.05, 3.63) is 65.7 Å². The summed E-state index contributed by atoms with van der Waals surface area (Å²) < 4.78 is 29.7. The molecular weight excluding hydrogens is 362 g/mol. The summed E-state index contributed by atoms with van der Waals surface area (Å²) in [5.41, 5.74) is 1.93. The van der Waals surface area contributed by atoms with E-state index in [1.807, 2.05) is 42.5 Å². The van der Waals surface area contributed by atoms with Crippen molar-refractivity contribution >= 4 is 15.7 Å². The maximum absolute atomic E-state index is 12.1. The lowest BCUT2D eigenvalue weighted by atomic mass is 10.0. The van der Waals surface area contributed by atoms with Crippen LogP contribution in [0.5, 0.6) is 5.75 Å². The molecule has 0 heterocycles. The lowest BCUT2D eigenvalue weighted by Gasteiger charge is -2.10. The highest BCUT2D eigenvalue weighted by atomic mass is 32.2. The maximum atomic E-state index is 12.1. The van der Waals surface area contributed by atoms with Crippen LogP contribution in [-0.4, -0.2) is 33.2 Å². The second kappa shape index (κ2) is 10.1. The van der Waals surface area contributed by atoms with Crippen LogP contribution in [0.25, 0.3) is 0 Å². The summed E-state index contributed by atoms with van der Waals surface area (Å²) in [6.07, 6.45) is 0.379. The molecule has 0 aliphatic carbocycles. The fraction of sp³-hybridized carbons (Fsp3) is 0.381. The summed E-state index contributed by atoms with van der Waals surface area (Å²) in [5.74, 6) is 0.851. The van der Waals surface area contributed by atoms with E-state index in [-0.39, 0.29) is 24.0 Å². The largest absolute Gasteiger partial charge is 0.484 e. The number of amides is 1. The van der Waals surface area contributed by atoms with Crippen LogP contribution >= 0.6 is 0 Å². The SMILES string of the molecule is CC(C)c1cccc(OCC(=O)NCCCS(=O)(=O)Cc2ccccc2)c1. The van der Waals surface area contributed by atoms with Crippen LogP contribution < -0.4 is 10.1 Å². The van der Waals surface area contributed by atoms with Gasteiger partial charge in [0.05, 0.1) is 11.5 Å². The molecule has 0 atom stereocenters. The summed E-state index contributed by atoms with van der Waals surface area (Å²) in [4.78, 5) is 11.9. The van der Waals surface area contributed by atoms with Gasteiger partial charge in [-0.05, 0) is 35.6 Å². The Labute approximate surface area is 161 Å². The molecule has 0 aromatic heterocycles. The number of ether oxygens (including phenoxy) is 1. The van der Waals surface area contributed by atoms with Gasteiger partial charge in [-0.3, -0.25) is 4.79 Å². The minimum absolute atomic E-state index is 0.0249. The first-order chi connectivity index (χ1) is 12.9. The van der Waals surface area contributed by atoms with Gasteiger partial charge in [0.25, 0.3) is 5.91 Å². The van der Waals surface area contributed by atoms with Gasteiger partial charge in [-0.25, -0.2) is 8.42 Å². The number of carbonyl (C=O) groups excluding carboxylic acids is 1. The van der Waals surface area contributed by atoms with Crippen LogP contribution in [0, 0.1) is 0 Å². The van der Waals surface area contributed by atoms with Crippen molar-refractivity contribution in [3.63, 3.8) is 0 Å². The van der Waals surface area contributed by atoms with E-state index in [0.29, 0.717) is 24.6 Å². The quantitative estimate of drug-likeness (QED) is 0.633. The fourth-order valence-corrected chi connectivity index (χ4v) is 4.01. The molecule has 2 rings (SSSR count). The van der Waals surface area contributed by atoms with Crippen molar-refractivity contribution < 1.29 is 17.9 Å². The number of nitrogens with one attached hydrogen (secondary N) is 1. The predicted octanol–water partition coefficient (Wildman–Crippen LogP) is 3.31. The molecule has 0 saturated heterocycles. The molecule has 2 aromatic carbocycles. The third kappa shape index (κ3) is 7.83. The zero-order chi connectivity index (χ0) is 19.7. The van der Waals surface area contributed by atoms with E-state index in [4.69, 9.17) is 4.74 Å². The summed E-state index contributed by atoms with van der Waals surface area (Å²) in [7, 11) is -3.18. The van der Waals surface area contributed by atoms with Crippen molar-refractivity contribution in [1.29, 1.82) is 0 Å². The smallest absolute Gasteiger partial charge is 0.257 e. The normalized spacial score (nSPS) is 11.4. The number of rotatable bonds is 10. The highest BCUT2D eigenvalue weighted by molar-refractivity contribution is 7.90. The lowest BCUT2D eigenvalue weighted by Crippen LogP contribution is -2.30. The molecule has 0 unspecified atom stereocenters. The molecule has 146 valence electrons. The summed E-state index contributed by atoms with van der Waals surface area (Å²) in [6.45, 7) is 4.41. The van der Waals surface area contributed by atoms with Crippen molar-refractivity contribution in [2.75, 3.05) is 18.9 Å². The number of benzene rings is 2. The van der Waals surface area contributed by atoms with Crippen molar-refractivity contribution in [1.82, 2.24) is 5.32 Å². The van der Waals surface area contributed by atoms with Crippen LogP contribution in [-0.2, 0) is 20.4 Å². The van der Waals surface area contributed by atoms with E-state index in [9.17, 15) is 13.2 Å². The third-order valence-corrected chi connectivity index (χ3v) is 5.76. The predicted molar refractivity (Wildman–Crippen MR) is 108 cm³/mol. The molecule has 1 amide bonds. The summed E-state index contributed by atoms with van der Waals surface area (Å²) in [5, 5.41) is 2.70. The van der Waals surface area contributed by atoms with Gasteiger partial charge in [-0.15, -0.1) is 0 Å². The minimum atomic E-state index is -3.18. The van der Waals surface area contributed by atoms with Gasteiger partial charge in [-0.1, -0.05) is 56.3 Å². The molecule has 0 spiro atoms. The Bertz CT molecular complexity index is 832. The number of sulfone groups is 1. The molecule has 2 aromatic rings. The number of carbonyl (C=O) groups is 1. The summed E-state index contributed by atoms with van der Waals surface area (Å²) >= 11 is 0. The molecule has 5 nitrogen and oxygen atoms in total. The van der Waals surface area contributed by atoms with Crippen LogP contribution in [0.15, 0.2) is 54.6 Å². The second-order valence-corrected chi connectivity index (χ2v) is 8.98. The van der Waals surface area contributed by atoms with Crippen molar-refractivity contribution in [2.24, 2.45) is 0 Å². The van der Waals surface area contributed by atoms with E-state index in [1.165, 1.54) is 0 Å². The minimum Gasteiger partial charge on any atom is -0.484 e. The Morgan fingerprint density at radius 2 is 1.81 bits per heavy atom. The highest BCUT2D eigenvalue weighted by Crippen LogP contribution is 2.19. The first-order valence-corrected chi connectivity index (χ1v) is 10.9. The molecule has 0 aliphatic rings. The van der Waals surface area contributed by atoms with Crippen molar-refractivity contribution in [2.45, 2.75) is 31.9 Å². The van der Waals surface area contributed by atoms with Crippen LogP contribution in [0.1, 0.15) is 37.3 Å². The third-order valence-electron chi connectivity index (χ3n) is 4.08. The standard InChI is InChI=1S/C21H27NO4S/c1-17(2)19-10-6-11-20(14-19)26-15-21(23)22-12-7-13-27(24,25)16-18-8-4-3-5-9-18/h3-6,8-11,14,17H,7,12-13,15-16H2,1-2H3,(H,22,23). The van der Waals surface area contributed by atoms with Crippen LogP contribution in [0.4, 0.5) is 0 Å². The van der Waals surface area contributed by atoms with E-state index in [1.54, 1.807) is 12.1 Å². The Balaban J connectivity index is 1.68. The molecule has 6 heteroatoms. The maximum Gasteiger partial charge on any atom is 0.257 e. The van der Waals surface area contributed by atoms with Gasteiger partial charge in [0.2, 0.25) is 0 Å². The first-order valence-electron chi connectivity index (χ1n) is 9.09. The van der Waals surface area contributed by atoms with Crippen LogP contribution in [0.3, 0.4) is 0 Å². The van der Waals surface area contributed by atoms with Crippen LogP contribution in [0.2, 0.25) is 0 Å². The van der Waals surface area contributed by atoms with E-state index in [0.717, 1.165) is 11.1 Å². The second-order valence-electron chi connectivity index (χ2n) is 6.80. The average molecular weight is 390 g/mol. The van der Waals surface area contributed by atoms with Gasteiger partial charge < -0.3 is 10.1 Å². The molecule has 0 aliphatic heterocycles. The van der Waals surface area contributed by atoms with E-state index >= 15 is 0 Å². The monoisotopic (exact) mass is 389 g/mol. The van der Waals surface area contributed by atoms with Crippen molar-refractivity contribution in [3.8, 4) is 5.75 Å². The number of hydrogen-bond acceptors (Lipinski definition) is 4. The molecule has 0 bridgehead atoms. The number of hydrogen-bond donors (Lipinski definition) is 1. The Kier molecular flexibility index (Phi) is 7.85. The highest BCUT2D eigenvalue weighted by Gasteiger charge is 2.12. The van der Waals surface area contributed by atoms with Gasteiger partial charge in [-0.2, -0.15) is 0 Å². The Morgan fingerprint density at radius 3 is 2.52 bits per heavy atom. The molecule has 0 fully saturated rings. The summed E-state index contributed by atoms with van der Waals surface area (Å²) in [6, 6.07) is 16.8. The molecule has 1 N–H and O–H groups in total. The zero-order valence-electron chi connectivity index (χ0n) is 15.9. The Morgan fingerprint density at radius 1 is 1.07 bits per heavy atom. The molecule has 0 radical (unpaired) electrons. The van der Waals surface area contributed by atoms with Gasteiger partial charge in [0, 0.05) is 6.54 Å². The zero-order valence-corrected chi connectivity index (χ0v) is 16.7. The van der Waals surface area contributed by atoms with Gasteiger partial charge in [0.1, 0.15) is 5.75 Å². The molecule has 27 heavy (non-hydrogen) atoms. The van der Waals surface area contributed by atoms with Gasteiger partial charge in [0.15, 0.2) is 16.4 Å². The molecular formula is C21H27NO4S. The lowest BCUT2D eigenvalue weighted by molar-refractivity contribution is -0.123.